The molecule has 0 aromatic carbocycles. The molecule has 0 aromatic heterocycles. The van der Waals surface area contributed by atoms with Gasteiger partial charge in [0.15, 0.2) is 0 Å². The van der Waals surface area contributed by atoms with Gasteiger partial charge in [-0.3, -0.25) is 4.79 Å². The third-order valence-corrected chi connectivity index (χ3v) is 3.14. The molecule has 0 amide bonds. The lowest BCUT2D eigenvalue weighted by atomic mass is 9.91. The van der Waals surface area contributed by atoms with Crippen LogP contribution in [0.4, 0.5) is 0 Å². The normalized spacial score (nSPS) is 17.5. The summed E-state index contributed by atoms with van der Waals surface area (Å²) in [5, 5.41) is 6.69. The van der Waals surface area contributed by atoms with Gasteiger partial charge in [0.05, 0.1) is 6.61 Å². The smallest absolute Gasteiger partial charge is 0.323 e. The van der Waals surface area contributed by atoms with E-state index in [0.717, 1.165) is 12.8 Å². The Bertz CT molecular complexity index is 312. The molecule has 0 radical (unpaired) electrons. The van der Waals surface area contributed by atoms with Gasteiger partial charge in [-0.15, -0.1) is 0 Å². The van der Waals surface area contributed by atoms with Crippen molar-refractivity contribution in [1.82, 2.24) is 5.32 Å². The van der Waals surface area contributed by atoms with Gasteiger partial charge in [-0.05, 0) is 44.2 Å². The van der Waals surface area contributed by atoms with Crippen LogP contribution in [-0.2, 0) is 14.3 Å². The second-order valence-electron chi connectivity index (χ2n) is 4.44. The molecule has 7 heteroatoms. The zero-order valence-electron chi connectivity index (χ0n) is 11.4. The molecule has 1 rings (SSSR count). The monoisotopic (exact) mass is 270 g/mol. The first-order valence-electron chi connectivity index (χ1n) is 6.78. The molecule has 1 unspecified atom stereocenters. The predicted octanol–water partition coefficient (Wildman–Crippen LogP) is 1.63. The summed E-state index contributed by atoms with van der Waals surface area (Å²) in [5.74, 6) is 0.0606. The van der Waals surface area contributed by atoms with Gasteiger partial charge in [0.1, 0.15) is 6.04 Å². The van der Waals surface area contributed by atoms with Gasteiger partial charge in [0.25, 0.3) is 0 Å². The van der Waals surface area contributed by atoms with E-state index in [4.69, 9.17) is 15.0 Å². The summed E-state index contributed by atoms with van der Waals surface area (Å²) < 4.78 is 10.4. The first kappa shape index (κ1) is 15.8. The standard InChI is InChI=1S/C12H22N4O3/c1-2-19-12(17)11(10-4-8-18-9-5-10)14-6-3-7-15-16-13/h10-11,14H,2-9H2,1H3. The summed E-state index contributed by atoms with van der Waals surface area (Å²) in [6.07, 6.45) is 2.45. The first-order chi connectivity index (χ1) is 9.29. The van der Waals surface area contributed by atoms with Gasteiger partial charge >= 0.3 is 5.97 Å². The van der Waals surface area contributed by atoms with Crippen molar-refractivity contribution < 1.29 is 14.3 Å². The van der Waals surface area contributed by atoms with Crippen molar-refractivity contribution in [2.75, 3.05) is 32.9 Å². The average Bonchev–Trinajstić information content (AvgIpc) is 2.44. The van der Waals surface area contributed by atoms with Crippen LogP contribution in [0.2, 0.25) is 0 Å². The third-order valence-electron chi connectivity index (χ3n) is 3.14. The zero-order valence-corrected chi connectivity index (χ0v) is 11.4. The van der Waals surface area contributed by atoms with Crippen molar-refractivity contribution in [3.8, 4) is 0 Å². The van der Waals surface area contributed by atoms with E-state index in [1.165, 1.54) is 0 Å². The van der Waals surface area contributed by atoms with Crippen molar-refractivity contribution in [2.24, 2.45) is 11.0 Å². The molecule has 108 valence electrons. The molecule has 0 aromatic rings. The van der Waals surface area contributed by atoms with E-state index in [0.29, 0.717) is 39.3 Å². The van der Waals surface area contributed by atoms with Crippen molar-refractivity contribution in [1.29, 1.82) is 0 Å². The van der Waals surface area contributed by atoms with Gasteiger partial charge in [0, 0.05) is 24.7 Å². The highest BCUT2D eigenvalue weighted by molar-refractivity contribution is 5.76. The minimum absolute atomic E-state index is 0.196. The predicted molar refractivity (Wildman–Crippen MR) is 70.6 cm³/mol. The topological polar surface area (TPSA) is 96.3 Å². The van der Waals surface area contributed by atoms with Crippen molar-refractivity contribution in [3.63, 3.8) is 0 Å². The number of rotatable bonds is 8. The van der Waals surface area contributed by atoms with Crippen molar-refractivity contribution in [2.45, 2.75) is 32.2 Å². The van der Waals surface area contributed by atoms with Crippen molar-refractivity contribution in [3.05, 3.63) is 10.4 Å². The Morgan fingerprint density at radius 1 is 1.58 bits per heavy atom. The molecule has 0 bridgehead atoms. The van der Waals surface area contributed by atoms with Crippen LogP contribution in [0, 0.1) is 5.92 Å². The van der Waals surface area contributed by atoms with E-state index < -0.39 is 0 Å². The fourth-order valence-corrected chi connectivity index (χ4v) is 2.18. The molecule has 0 spiro atoms. The molecule has 7 nitrogen and oxygen atoms in total. The molecule has 1 saturated heterocycles. The van der Waals surface area contributed by atoms with Gasteiger partial charge in [0.2, 0.25) is 0 Å². The van der Waals surface area contributed by atoms with Gasteiger partial charge in [-0.1, -0.05) is 5.11 Å². The molecule has 1 aliphatic rings. The highest BCUT2D eigenvalue weighted by Gasteiger charge is 2.30. The van der Waals surface area contributed by atoms with Crippen molar-refractivity contribution >= 4 is 5.97 Å². The van der Waals surface area contributed by atoms with E-state index in [1.54, 1.807) is 6.92 Å². The summed E-state index contributed by atoms with van der Waals surface area (Å²) >= 11 is 0. The number of nitrogens with one attached hydrogen (secondary N) is 1. The number of hydrogen-bond acceptors (Lipinski definition) is 5. The van der Waals surface area contributed by atoms with Crippen LogP contribution in [-0.4, -0.2) is 44.9 Å². The maximum Gasteiger partial charge on any atom is 0.323 e. The Hall–Kier alpha value is -1.30. The maximum atomic E-state index is 12.0. The Kier molecular flexibility index (Phi) is 7.97. The summed E-state index contributed by atoms with van der Waals surface area (Å²) in [4.78, 5) is 14.7. The number of hydrogen-bond donors (Lipinski definition) is 1. The molecule has 0 saturated carbocycles. The van der Waals surface area contributed by atoms with E-state index in [9.17, 15) is 4.79 Å². The van der Waals surface area contributed by atoms with Gasteiger partial charge in [-0.2, -0.15) is 0 Å². The number of esters is 1. The molecular formula is C12H22N4O3. The lowest BCUT2D eigenvalue weighted by molar-refractivity contribution is -0.148. The summed E-state index contributed by atoms with van der Waals surface area (Å²) in [6.45, 7) is 4.66. The van der Waals surface area contributed by atoms with E-state index in [1.807, 2.05) is 0 Å². The highest BCUT2D eigenvalue weighted by atomic mass is 16.5. The van der Waals surface area contributed by atoms with Gasteiger partial charge in [-0.25, -0.2) is 0 Å². The Labute approximate surface area is 113 Å². The fraction of sp³-hybridized carbons (Fsp3) is 0.917. The first-order valence-corrected chi connectivity index (χ1v) is 6.78. The number of carbonyl (C=O) groups is 1. The third kappa shape index (κ3) is 5.92. The van der Waals surface area contributed by atoms with Gasteiger partial charge < -0.3 is 14.8 Å². The second kappa shape index (κ2) is 9.61. The van der Waals surface area contributed by atoms with Crippen LogP contribution in [0.5, 0.6) is 0 Å². The highest BCUT2D eigenvalue weighted by Crippen LogP contribution is 2.19. The number of nitrogens with zero attached hydrogens (tertiary/aromatic N) is 3. The molecule has 1 N–H and O–H groups in total. The Morgan fingerprint density at radius 3 is 2.95 bits per heavy atom. The lowest BCUT2D eigenvalue weighted by Crippen LogP contribution is -2.46. The molecule has 0 aliphatic carbocycles. The molecular weight excluding hydrogens is 248 g/mol. The molecule has 1 fully saturated rings. The Morgan fingerprint density at radius 2 is 2.32 bits per heavy atom. The van der Waals surface area contributed by atoms with Crippen LogP contribution in [0.15, 0.2) is 5.11 Å². The number of ether oxygens (including phenoxy) is 2. The SMILES string of the molecule is CCOC(=O)C(NCCCN=[N+]=[N-])C1CCOCC1. The lowest BCUT2D eigenvalue weighted by Gasteiger charge is -2.29. The average molecular weight is 270 g/mol. The molecule has 19 heavy (non-hydrogen) atoms. The minimum atomic E-state index is -0.282. The summed E-state index contributed by atoms with van der Waals surface area (Å²) in [7, 11) is 0. The molecule has 1 aliphatic heterocycles. The quantitative estimate of drug-likeness (QED) is 0.238. The number of carbonyl (C=O) groups excluding carboxylic acids is 1. The summed E-state index contributed by atoms with van der Waals surface area (Å²) in [6, 6.07) is -0.282. The van der Waals surface area contributed by atoms with E-state index in [-0.39, 0.29) is 17.9 Å². The van der Waals surface area contributed by atoms with Crippen LogP contribution in [0.25, 0.3) is 10.4 Å². The van der Waals surface area contributed by atoms with E-state index >= 15 is 0 Å². The van der Waals surface area contributed by atoms with Crippen LogP contribution in [0.3, 0.4) is 0 Å². The number of azide groups is 1. The zero-order chi connectivity index (χ0) is 13.9. The Balaban J connectivity index is 2.43. The fourth-order valence-electron chi connectivity index (χ4n) is 2.18. The molecule has 1 heterocycles. The molecule has 1 atom stereocenters. The minimum Gasteiger partial charge on any atom is -0.465 e. The van der Waals surface area contributed by atoms with Crippen LogP contribution >= 0.6 is 0 Å². The van der Waals surface area contributed by atoms with E-state index in [2.05, 4.69) is 15.3 Å². The second-order valence-corrected chi connectivity index (χ2v) is 4.44. The summed E-state index contributed by atoms with van der Waals surface area (Å²) in [5.41, 5.74) is 8.19. The van der Waals surface area contributed by atoms with Crippen LogP contribution < -0.4 is 5.32 Å². The van der Waals surface area contributed by atoms with Crippen LogP contribution in [0.1, 0.15) is 26.2 Å². The maximum absolute atomic E-state index is 12.0. The largest absolute Gasteiger partial charge is 0.465 e.